The molecule has 0 aromatic carbocycles. The van der Waals surface area contributed by atoms with Crippen LogP contribution >= 0.6 is 11.3 Å². The number of nitrogens with two attached hydrogens (primary N) is 1. The molecule has 0 aliphatic heterocycles. The van der Waals surface area contributed by atoms with Gasteiger partial charge in [0.05, 0.1) is 5.01 Å². The molecule has 2 aromatic rings. The van der Waals surface area contributed by atoms with Crippen LogP contribution in [0.4, 0.5) is 0 Å². The van der Waals surface area contributed by atoms with Gasteiger partial charge in [0.25, 0.3) is 0 Å². The number of nitrogens with zero attached hydrogens (tertiary/aromatic N) is 3. The number of hydrogen-bond donors (Lipinski definition) is 1. The van der Waals surface area contributed by atoms with E-state index in [4.69, 9.17) is 11.0 Å². The van der Waals surface area contributed by atoms with Gasteiger partial charge in [0.2, 0.25) is 0 Å². The molecule has 0 saturated carbocycles. The van der Waals surface area contributed by atoms with E-state index < -0.39 is 0 Å². The molecule has 2 aromatic heterocycles. The zero-order valence-corrected chi connectivity index (χ0v) is 9.79. The second kappa shape index (κ2) is 4.47. The third kappa shape index (κ3) is 1.98. The quantitative estimate of drug-likeness (QED) is 0.872. The highest BCUT2D eigenvalue weighted by Crippen LogP contribution is 2.27. The maximum Gasteiger partial charge on any atom is 0.132 e. The second-order valence-electron chi connectivity index (χ2n) is 3.50. The molecule has 5 heteroatoms. The van der Waals surface area contributed by atoms with Crippen molar-refractivity contribution in [2.45, 2.75) is 6.42 Å². The molecule has 2 heterocycles. The van der Waals surface area contributed by atoms with Crippen molar-refractivity contribution in [1.82, 2.24) is 9.55 Å². The number of rotatable bonds is 3. The summed E-state index contributed by atoms with van der Waals surface area (Å²) >= 11 is 1.43. The van der Waals surface area contributed by atoms with Crippen LogP contribution in [-0.4, -0.2) is 16.1 Å². The lowest BCUT2D eigenvalue weighted by molar-refractivity contribution is 0.927. The van der Waals surface area contributed by atoms with Gasteiger partial charge in [0, 0.05) is 31.4 Å². The Morgan fingerprint density at radius 3 is 3.00 bits per heavy atom. The average molecular weight is 232 g/mol. The van der Waals surface area contributed by atoms with Gasteiger partial charge in [-0.2, -0.15) is 5.26 Å². The van der Waals surface area contributed by atoms with Gasteiger partial charge in [0.15, 0.2) is 0 Å². The summed E-state index contributed by atoms with van der Waals surface area (Å²) in [6.45, 7) is 0.562. The monoisotopic (exact) mass is 232 g/mol. The summed E-state index contributed by atoms with van der Waals surface area (Å²) in [6, 6.07) is 4.15. The first-order chi connectivity index (χ1) is 7.74. The molecule has 0 atom stereocenters. The van der Waals surface area contributed by atoms with E-state index in [1.54, 1.807) is 0 Å². The largest absolute Gasteiger partial charge is 0.357 e. The summed E-state index contributed by atoms with van der Waals surface area (Å²) in [5, 5.41) is 9.98. The number of thiazole rings is 1. The number of aromatic nitrogens is 2. The maximum atomic E-state index is 9.05. The van der Waals surface area contributed by atoms with Gasteiger partial charge < -0.3 is 10.3 Å². The molecule has 2 N–H and O–H groups in total. The molecule has 0 saturated heterocycles. The smallest absolute Gasteiger partial charge is 0.132 e. The van der Waals surface area contributed by atoms with Gasteiger partial charge in [-0.1, -0.05) is 0 Å². The summed E-state index contributed by atoms with van der Waals surface area (Å²) in [5.74, 6) is 0. The zero-order valence-electron chi connectivity index (χ0n) is 8.97. The molecular formula is C11H12N4S. The lowest BCUT2D eigenvalue weighted by Crippen LogP contribution is -2.01. The van der Waals surface area contributed by atoms with E-state index in [1.807, 2.05) is 30.1 Å². The van der Waals surface area contributed by atoms with Crippen LogP contribution in [0.5, 0.6) is 0 Å². The van der Waals surface area contributed by atoms with Crippen molar-refractivity contribution < 1.29 is 0 Å². The first kappa shape index (κ1) is 10.9. The number of nitriles is 1. The van der Waals surface area contributed by atoms with Crippen LogP contribution in [0.25, 0.3) is 11.3 Å². The normalized spacial score (nSPS) is 10.3. The molecule has 0 amide bonds. The van der Waals surface area contributed by atoms with Gasteiger partial charge in [-0.05, 0) is 12.6 Å². The molecule has 0 radical (unpaired) electrons. The predicted molar refractivity (Wildman–Crippen MR) is 64.0 cm³/mol. The lowest BCUT2D eigenvalue weighted by Gasteiger charge is -1.91. The van der Waals surface area contributed by atoms with E-state index in [0.717, 1.165) is 22.7 Å². The Bertz CT molecular complexity index is 532. The Labute approximate surface area is 98.0 Å². The van der Waals surface area contributed by atoms with E-state index >= 15 is 0 Å². The summed E-state index contributed by atoms with van der Waals surface area (Å²) in [4.78, 5) is 5.12. The Kier molecular flexibility index (Phi) is 3.04. The minimum absolute atomic E-state index is 0.562. The lowest BCUT2D eigenvalue weighted by atomic mass is 10.2. The van der Waals surface area contributed by atoms with Crippen LogP contribution in [0.1, 0.15) is 9.88 Å². The van der Waals surface area contributed by atoms with Crippen LogP contribution in [0.2, 0.25) is 0 Å². The van der Waals surface area contributed by atoms with E-state index in [-0.39, 0.29) is 0 Å². The van der Waals surface area contributed by atoms with Crippen molar-refractivity contribution >= 4 is 11.3 Å². The summed E-state index contributed by atoms with van der Waals surface area (Å²) in [6.07, 6.45) is 4.63. The van der Waals surface area contributed by atoms with Gasteiger partial charge in [0.1, 0.15) is 16.6 Å². The van der Waals surface area contributed by atoms with Crippen molar-refractivity contribution in [2.75, 3.05) is 6.54 Å². The van der Waals surface area contributed by atoms with Gasteiger partial charge >= 0.3 is 0 Å². The van der Waals surface area contributed by atoms with Crippen molar-refractivity contribution in [2.24, 2.45) is 12.8 Å². The van der Waals surface area contributed by atoms with E-state index in [2.05, 4.69) is 11.1 Å². The van der Waals surface area contributed by atoms with Crippen LogP contribution in [0.3, 0.4) is 0 Å². The SMILES string of the molecule is Cn1ccc(-c2nc(CCN)sc2C#N)c1. The van der Waals surface area contributed by atoms with Crippen molar-refractivity contribution in [3.63, 3.8) is 0 Å². The second-order valence-corrected chi connectivity index (χ2v) is 4.59. The molecule has 0 fully saturated rings. The molecule has 0 aliphatic rings. The van der Waals surface area contributed by atoms with Crippen LogP contribution in [0, 0.1) is 11.3 Å². The third-order valence-electron chi connectivity index (χ3n) is 2.24. The fourth-order valence-corrected chi connectivity index (χ4v) is 2.41. The predicted octanol–water partition coefficient (Wildman–Crippen LogP) is 1.52. The topological polar surface area (TPSA) is 67.6 Å². The van der Waals surface area contributed by atoms with Crippen molar-refractivity contribution in [3.05, 3.63) is 28.3 Å². The fraction of sp³-hybridized carbons (Fsp3) is 0.273. The minimum Gasteiger partial charge on any atom is -0.357 e. The molecule has 0 aliphatic carbocycles. The molecule has 0 unspecified atom stereocenters. The van der Waals surface area contributed by atoms with Crippen molar-refractivity contribution in [3.8, 4) is 17.3 Å². The summed E-state index contributed by atoms with van der Waals surface area (Å²) in [7, 11) is 1.95. The minimum atomic E-state index is 0.562. The Hall–Kier alpha value is -1.64. The Morgan fingerprint density at radius 2 is 2.44 bits per heavy atom. The third-order valence-corrected chi connectivity index (χ3v) is 3.26. The van der Waals surface area contributed by atoms with Gasteiger partial charge in [-0.3, -0.25) is 0 Å². The molecule has 82 valence electrons. The highest BCUT2D eigenvalue weighted by atomic mass is 32.1. The standard InChI is InChI=1S/C11H12N4S/c1-15-5-3-8(7-15)11-9(6-13)16-10(14-11)2-4-12/h3,5,7H,2,4,12H2,1H3. The molecule has 16 heavy (non-hydrogen) atoms. The number of aryl methyl sites for hydroxylation is 1. The van der Waals surface area contributed by atoms with E-state index in [9.17, 15) is 0 Å². The first-order valence-electron chi connectivity index (χ1n) is 4.97. The van der Waals surface area contributed by atoms with Crippen LogP contribution < -0.4 is 5.73 Å². The summed E-state index contributed by atoms with van der Waals surface area (Å²) in [5.41, 5.74) is 7.24. The Morgan fingerprint density at radius 1 is 1.62 bits per heavy atom. The van der Waals surface area contributed by atoms with Crippen LogP contribution in [-0.2, 0) is 13.5 Å². The molecule has 2 rings (SSSR count). The van der Waals surface area contributed by atoms with Crippen molar-refractivity contribution in [1.29, 1.82) is 5.26 Å². The fourth-order valence-electron chi connectivity index (χ4n) is 1.51. The average Bonchev–Trinajstić information content (AvgIpc) is 2.84. The Balaban J connectivity index is 2.44. The molecule has 4 nitrogen and oxygen atoms in total. The van der Waals surface area contributed by atoms with E-state index in [0.29, 0.717) is 11.4 Å². The first-order valence-corrected chi connectivity index (χ1v) is 5.78. The zero-order chi connectivity index (χ0) is 11.5. The number of hydrogen-bond acceptors (Lipinski definition) is 4. The summed E-state index contributed by atoms with van der Waals surface area (Å²) < 4.78 is 1.94. The maximum absolute atomic E-state index is 9.05. The van der Waals surface area contributed by atoms with E-state index in [1.165, 1.54) is 11.3 Å². The highest BCUT2D eigenvalue weighted by molar-refractivity contribution is 7.12. The molecule has 0 bridgehead atoms. The van der Waals surface area contributed by atoms with Gasteiger partial charge in [-0.25, -0.2) is 4.98 Å². The molecule has 0 spiro atoms. The highest BCUT2D eigenvalue weighted by Gasteiger charge is 2.12. The van der Waals surface area contributed by atoms with Crippen LogP contribution in [0.15, 0.2) is 18.5 Å². The molecular weight excluding hydrogens is 220 g/mol. The van der Waals surface area contributed by atoms with Gasteiger partial charge in [-0.15, -0.1) is 11.3 Å².